The third kappa shape index (κ3) is 3.90. The minimum absolute atomic E-state index is 0. The Kier molecular flexibility index (Phi) is 6.24. The summed E-state index contributed by atoms with van der Waals surface area (Å²) >= 11 is 0. The molecule has 0 aromatic heterocycles. The van der Waals surface area contributed by atoms with Gasteiger partial charge in [0.2, 0.25) is 0 Å². The third-order valence-corrected chi connectivity index (χ3v) is 5.12. The molecule has 2 bridgehead atoms. The molecule has 0 amide bonds. The fourth-order valence-corrected chi connectivity index (χ4v) is 3.88. The Morgan fingerprint density at radius 2 is 1.92 bits per heavy atom. The second kappa shape index (κ2) is 7.99. The molecule has 4 atom stereocenters. The van der Waals surface area contributed by atoms with E-state index in [0.717, 1.165) is 19.3 Å². The van der Waals surface area contributed by atoms with Crippen molar-refractivity contribution in [3.63, 3.8) is 0 Å². The zero-order chi connectivity index (χ0) is 16.4. The quantitative estimate of drug-likeness (QED) is 0.779. The van der Waals surface area contributed by atoms with Crippen molar-refractivity contribution in [2.75, 3.05) is 13.7 Å². The molecule has 132 valence electrons. The first-order chi connectivity index (χ1) is 11.1. The number of ether oxygens (including phenoxy) is 2. The fourth-order valence-electron chi connectivity index (χ4n) is 3.88. The van der Waals surface area contributed by atoms with E-state index >= 15 is 0 Å². The number of halogens is 1. The van der Waals surface area contributed by atoms with Crippen LogP contribution in [0.1, 0.15) is 36.5 Å². The number of carbonyl (C=O) groups is 2. The van der Waals surface area contributed by atoms with Crippen molar-refractivity contribution in [2.24, 2.45) is 5.92 Å². The van der Waals surface area contributed by atoms with Gasteiger partial charge in [-0.15, -0.1) is 12.4 Å². The summed E-state index contributed by atoms with van der Waals surface area (Å²) in [4.78, 5) is 25.9. The molecule has 0 saturated carbocycles. The van der Waals surface area contributed by atoms with Gasteiger partial charge in [0, 0.05) is 31.3 Å². The first kappa shape index (κ1) is 18.7. The average Bonchev–Trinajstić information content (AvgIpc) is 2.79. The van der Waals surface area contributed by atoms with Gasteiger partial charge >= 0.3 is 11.9 Å². The maximum Gasteiger partial charge on any atom is 0.338 e. The van der Waals surface area contributed by atoms with Gasteiger partial charge in [-0.3, -0.25) is 9.69 Å². The van der Waals surface area contributed by atoms with Gasteiger partial charge in [-0.2, -0.15) is 0 Å². The van der Waals surface area contributed by atoms with Crippen LogP contribution in [-0.2, 0) is 14.3 Å². The molecule has 1 aromatic rings. The van der Waals surface area contributed by atoms with Crippen LogP contribution in [0, 0.1) is 5.92 Å². The van der Waals surface area contributed by atoms with Gasteiger partial charge in [0.15, 0.2) is 0 Å². The molecule has 0 N–H and O–H groups in total. The van der Waals surface area contributed by atoms with Crippen molar-refractivity contribution in [3.8, 4) is 0 Å². The Hall–Kier alpha value is -1.59. The third-order valence-electron chi connectivity index (χ3n) is 5.12. The Labute approximate surface area is 148 Å². The van der Waals surface area contributed by atoms with Crippen molar-refractivity contribution in [2.45, 2.75) is 44.4 Å². The molecule has 2 unspecified atom stereocenters. The highest BCUT2D eigenvalue weighted by Gasteiger charge is 2.47. The second-order valence-corrected chi connectivity index (χ2v) is 6.48. The van der Waals surface area contributed by atoms with Crippen LogP contribution in [0.3, 0.4) is 0 Å². The highest BCUT2D eigenvalue weighted by Crippen LogP contribution is 2.39. The van der Waals surface area contributed by atoms with Gasteiger partial charge in [-0.05, 0) is 32.0 Å². The molecule has 6 heteroatoms. The normalized spacial score (nSPS) is 28.8. The molecule has 1 aromatic carbocycles. The molecular formula is C18H24ClNO4. The molecule has 2 heterocycles. The zero-order valence-electron chi connectivity index (χ0n) is 14.0. The van der Waals surface area contributed by atoms with Crippen LogP contribution < -0.4 is 0 Å². The predicted molar refractivity (Wildman–Crippen MR) is 92.2 cm³/mol. The van der Waals surface area contributed by atoms with Gasteiger partial charge in [0.25, 0.3) is 0 Å². The molecule has 3 rings (SSSR count). The molecular weight excluding hydrogens is 330 g/mol. The van der Waals surface area contributed by atoms with Crippen LogP contribution in [0.5, 0.6) is 0 Å². The number of hydrogen-bond donors (Lipinski definition) is 0. The molecule has 0 spiro atoms. The largest absolute Gasteiger partial charge is 0.465 e. The molecule has 5 nitrogen and oxygen atoms in total. The number of esters is 2. The van der Waals surface area contributed by atoms with E-state index < -0.39 is 0 Å². The SMILES string of the molecule is CC(=O)OCC1C2CC[C@H](C[C@@H]1OC(=O)c1ccccc1)N2C.Cl. The van der Waals surface area contributed by atoms with E-state index in [-0.39, 0.29) is 36.4 Å². The summed E-state index contributed by atoms with van der Waals surface area (Å²) in [5.41, 5.74) is 0.560. The van der Waals surface area contributed by atoms with Gasteiger partial charge < -0.3 is 9.47 Å². The predicted octanol–water partition coefficient (Wildman–Crippen LogP) is 2.68. The molecule has 0 aliphatic carbocycles. The van der Waals surface area contributed by atoms with Crippen LogP contribution >= 0.6 is 12.4 Å². The van der Waals surface area contributed by atoms with Crippen LogP contribution in [0.15, 0.2) is 30.3 Å². The van der Waals surface area contributed by atoms with E-state index in [0.29, 0.717) is 24.3 Å². The molecule has 2 aliphatic heterocycles. The molecule has 2 saturated heterocycles. The van der Waals surface area contributed by atoms with E-state index in [1.54, 1.807) is 12.1 Å². The molecule has 0 radical (unpaired) electrons. The van der Waals surface area contributed by atoms with Crippen LogP contribution in [0.2, 0.25) is 0 Å². The van der Waals surface area contributed by atoms with E-state index in [1.807, 2.05) is 18.2 Å². The summed E-state index contributed by atoms with van der Waals surface area (Å²) in [6.45, 7) is 1.72. The first-order valence-electron chi connectivity index (χ1n) is 8.17. The topological polar surface area (TPSA) is 55.8 Å². The lowest BCUT2D eigenvalue weighted by Crippen LogP contribution is -2.52. The summed E-state index contributed by atoms with van der Waals surface area (Å²) in [5, 5.41) is 0. The van der Waals surface area contributed by atoms with Gasteiger partial charge in [-0.1, -0.05) is 18.2 Å². The van der Waals surface area contributed by atoms with Gasteiger partial charge in [0.05, 0.1) is 12.2 Å². The lowest BCUT2D eigenvalue weighted by atomic mass is 9.88. The monoisotopic (exact) mass is 353 g/mol. The fraction of sp³-hybridized carbons (Fsp3) is 0.556. The number of hydrogen-bond acceptors (Lipinski definition) is 5. The van der Waals surface area contributed by atoms with Crippen LogP contribution in [-0.4, -0.2) is 48.7 Å². The van der Waals surface area contributed by atoms with Crippen LogP contribution in [0.4, 0.5) is 0 Å². The average molecular weight is 354 g/mol. The molecule has 2 aliphatic rings. The van der Waals surface area contributed by atoms with E-state index in [1.165, 1.54) is 6.92 Å². The van der Waals surface area contributed by atoms with E-state index in [9.17, 15) is 9.59 Å². The summed E-state index contributed by atoms with van der Waals surface area (Å²) in [7, 11) is 2.11. The Balaban J connectivity index is 0.00000208. The van der Waals surface area contributed by atoms with Gasteiger partial charge in [0.1, 0.15) is 6.10 Å². The lowest BCUT2D eigenvalue weighted by molar-refractivity contribution is -0.146. The zero-order valence-corrected chi connectivity index (χ0v) is 14.8. The number of fused-ring (bicyclic) bond motifs is 2. The number of piperidine rings is 1. The summed E-state index contributed by atoms with van der Waals surface area (Å²) in [6.07, 6.45) is 2.77. The number of rotatable bonds is 4. The number of benzene rings is 1. The Morgan fingerprint density at radius 3 is 2.58 bits per heavy atom. The second-order valence-electron chi connectivity index (χ2n) is 6.48. The van der Waals surface area contributed by atoms with Crippen molar-refractivity contribution in [3.05, 3.63) is 35.9 Å². The Bertz CT molecular complexity index is 580. The molecule has 24 heavy (non-hydrogen) atoms. The van der Waals surface area contributed by atoms with Crippen molar-refractivity contribution in [1.29, 1.82) is 0 Å². The summed E-state index contributed by atoms with van der Waals surface area (Å²) in [5.74, 6) is -0.552. The summed E-state index contributed by atoms with van der Waals surface area (Å²) < 4.78 is 11.0. The molecule has 2 fully saturated rings. The van der Waals surface area contributed by atoms with Crippen molar-refractivity contribution in [1.82, 2.24) is 4.90 Å². The lowest BCUT2D eigenvalue weighted by Gasteiger charge is -2.42. The standard InChI is InChI=1S/C18H23NO4.ClH/c1-12(20)22-11-15-16-9-8-14(19(16)2)10-17(15)23-18(21)13-6-4-3-5-7-13;/h3-7,14-17H,8-11H2,1-2H3;1H/t14-,15?,16?,17+;/m1./s1. The number of carbonyl (C=O) groups excluding carboxylic acids is 2. The smallest absolute Gasteiger partial charge is 0.338 e. The van der Waals surface area contributed by atoms with Crippen LogP contribution in [0.25, 0.3) is 0 Å². The van der Waals surface area contributed by atoms with E-state index in [4.69, 9.17) is 9.47 Å². The Morgan fingerprint density at radius 1 is 1.21 bits per heavy atom. The highest BCUT2D eigenvalue weighted by atomic mass is 35.5. The van der Waals surface area contributed by atoms with Crippen molar-refractivity contribution >= 4 is 24.3 Å². The van der Waals surface area contributed by atoms with Gasteiger partial charge in [-0.25, -0.2) is 4.79 Å². The maximum absolute atomic E-state index is 12.4. The minimum atomic E-state index is -0.299. The van der Waals surface area contributed by atoms with E-state index in [2.05, 4.69) is 11.9 Å². The maximum atomic E-state index is 12.4. The minimum Gasteiger partial charge on any atom is -0.465 e. The van der Waals surface area contributed by atoms with Crippen molar-refractivity contribution < 1.29 is 19.1 Å². The summed E-state index contributed by atoms with van der Waals surface area (Å²) in [6, 6.07) is 9.79. The number of nitrogens with zero attached hydrogens (tertiary/aromatic N) is 1. The highest BCUT2D eigenvalue weighted by molar-refractivity contribution is 5.89. The first-order valence-corrected chi connectivity index (χ1v) is 8.17.